The highest BCUT2D eigenvalue weighted by molar-refractivity contribution is 5.98. The molecule has 0 N–H and O–H groups in total. The number of Topliss-reactive ketones (excluding diaryl/α,β-unsaturated/α-hetero) is 1. The quantitative estimate of drug-likeness (QED) is 0.349. The molecule has 0 atom stereocenters. The zero-order valence-corrected chi connectivity index (χ0v) is 19.3. The Labute approximate surface area is 193 Å². The van der Waals surface area contributed by atoms with Gasteiger partial charge >= 0.3 is 0 Å². The molecule has 1 fully saturated rings. The highest BCUT2D eigenvalue weighted by Crippen LogP contribution is 2.24. The average molecular weight is 443 g/mol. The molecular weight excluding hydrogens is 414 g/mol. The molecule has 4 heterocycles. The molecule has 0 aliphatic carbocycles. The molecule has 0 spiro atoms. The van der Waals surface area contributed by atoms with Crippen LogP contribution in [0.15, 0.2) is 55.0 Å². The zero-order chi connectivity index (χ0) is 23.0. The Kier molecular flexibility index (Phi) is 5.38. The number of piperazine rings is 1. The Balaban J connectivity index is 1.34. The van der Waals surface area contributed by atoms with E-state index in [1.54, 1.807) is 16.9 Å². The fourth-order valence-electron chi connectivity index (χ4n) is 4.19. The fourth-order valence-corrected chi connectivity index (χ4v) is 4.19. The number of carbonyl (C=O) groups is 1. The van der Waals surface area contributed by atoms with Gasteiger partial charge in [0.2, 0.25) is 0 Å². The number of benzene rings is 1. The predicted octanol–water partition coefficient (Wildman–Crippen LogP) is 2.75. The lowest BCUT2D eigenvalue weighted by Gasteiger charge is -2.39. The van der Waals surface area contributed by atoms with Gasteiger partial charge < -0.3 is 9.38 Å². The first-order chi connectivity index (χ1) is 15.9. The second kappa shape index (κ2) is 8.37. The van der Waals surface area contributed by atoms with Crippen molar-refractivity contribution >= 4 is 22.4 Å². The normalized spacial score (nSPS) is 15.7. The number of nitrogens with zero attached hydrogens (tertiary/aromatic N) is 7. The minimum absolute atomic E-state index is 0.0451. The Morgan fingerprint density at radius 2 is 1.85 bits per heavy atom. The summed E-state index contributed by atoms with van der Waals surface area (Å²) in [7, 11) is 6.34. The van der Waals surface area contributed by atoms with Crippen LogP contribution in [0.25, 0.3) is 22.0 Å². The molecule has 1 aliphatic heterocycles. The number of rotatable bonds is 5. The van der Waals surface area contributed by atoms with Crippen LogP contribution in [0.2, 0.25) is 0 Å². The maximum Gasteiger partial charge on any atom is 0.169 e. The molecule has 3 aromatic heterocycles. The number of fused-ring (bicyclic) bond motifs is 1. The van der Waals surface area contributed by atoms with E-state index >= 15 is 0 Å². The molecule has 0 saturated carbocycles. The summed E-state index contributed by atoms with van der Waals surface area (Å²) in [6.07, 6.45) is 5.69. The summed E-state index contributed by atoms with van der Waals surface area (Å²) in [4.78, 5) is 24.4. The predicted molar refractivity (Wildman–Crippen MR) is 128 cm³/mol. The van der Waals surface area contributed by atoms with Gasteiger partial charge in [-0.25, -0.2) is 4.98 Å². The van der Waals surface area contributed by atoms with Crippen molar-refractivity contribution in [1.29, 1.82) is 0 Å². The lowest BCUT2D eigenvalue weighted by Crippen LogP contribution is -2.55. The van der Waals surface area contributed by atoms with E-state index in [1.807, 2.05) is 43.7 Å². The third-order valence-electron chi connectivity index (χ3n) is 6.36. The Hall–Kier alpha value is -3.65. The van der Waals surface area contributed by atoms with Gasteiger partial charge in [-0.3, -0.25) is 14.5 Å². The maximum absolute atomic E-state index is 13.1. The number of pyridine rings is 2. The standard InChI is InChI=1S/C25H28N7O/c1-30-17-23(28-29-30)18-4-5-20-16-27-22(13-21(20)12-18)15-24(33)19-6-7-26-25(14-19)31-8-10-32(2,3)11-9-31/h4-7,12-14,16-17H,8-11,15H2,1-3H3/q+1. The van der Waals surface area contributed by atoms with Gasteiger partial charge in [0.25, 0.3) is 0 Å². The lowest BCUT2D eigenvalue weighted by atomic mass is 10.0. The van der Waals surface area contributed by atoms with E-state index in [1.165, 1.54) is 0 Å². The summed E-state index contributed by atoms with van der Waals surface area (Å²) in [6.45, 7) is 4.02. The van der Waals surface area contributed by atoms with Crippen LogP contribution in [-0.4, -0.2) is 75.5 Å². The molecule has 5 rings (SSSR count). The van der Waals surface area contributed by atoms with Gasteiger partial charge in [-0.05, 0) is 29.7 Å². The van der Waals surface area contributed by atoms with Gasteiger partial charge in [0.15, 0.2) is 5.78 Å². The number of likely N-dealkylation sites (N-methyl/N-ethyl adjacent to an activating group) is 1. The molecule has 0 radical (unpaired) electrons. The molecule has 0 bridgehead atoms. The first kappa shape index (κ1) is 21.2. The van der Waals surface area contributed by atoms with Gasteiger partial charge in [0.05, 0.1) is 52.9 Å². The topological polar surface area (TPSA) is 76.8 Å². The Morgan fingerprint density at radius 3 is 2.61 bits per heavy atom. The number of hydrogen-bond donors (Lipinski definition) is 0. The highest BCUT2D eigenvalue weighted by Gasteiger charge is 2.25. The van der Waals surface area contributed by atoms with Crippen molar-refractivity contribution in [2.24, 2.45) is 7.05 Å². The van der Waals surface area contributed by atoms with Crippen LogP contribution in [-0.2, 0) is 13.5 Å². The summed E-state index contributed by atoms with van der Waals surface area (Å²) < 4.78 is 2.70. The van der Waals surface area contributed by atoms with Gasteiger partial charge in [0, 0.05) is 41.6 Å². The molecule has 4 aromatic rings. The molecular formula is C25H28N7O+. The number of anilines is 1. The number of quaternary nitrogens is 1. The molecule has 0 unspecified atom stereocenters. The Morgan fingerprint density at radius 1 is 1.03 bits per heavy atom. The summed E-state index contributed by atoms with van der Waals surface area (Å²) in [5.41, 5.74) is 3.23. The second-order valence-corrected chi connectivity index (χ2v) is 9.39. The van der Waals surface area contributed by atoms with Gasteiger partial charge in [0.1, 0.15) is 11.5 Å². The molecule has 0 amide bonds. The van der Waals surface area contributed by atoms with Crippen molar-refractivity contribution in [3.63, 3.8) is 0 Å². The number of ketones is 1. The van der Waals surface area contributed by atoms with E-state index in [0.29, 0.717) is 5.56 Å². The summed E-state index contributed by atoms with van der Waals surface area (Å²) in [5, 5.41) is 10.3. The number of aromatic nitrogens is 5. The molecule has 168 valence electrons. The smallest absolute Gasteiger partial charge is 0.169 e. The second-order valence-electron chi connectivity index (χ2n) is 9.39. The first-order valence-corrected chi connectivity index (χ1v) is 11.2. The van der Waals surface area contributed by atoms with Crippen molar-refractivity contribution in [3.8, 4) is 11.3 Å². The summed E-state index contributed by atoms with van der Waals surface area (Å²) >= 11 is 0. The minimum atomic E-state index is 0.0451. The van der Waals surface area contributed by atoms with Crippen LogP contribution in [0, 0.1) is 0 Å². The largest absolute Gasteiger partial charge is 0.345 e. The average Bonchev–Trinajstić information content (AvgIpc) is 3.25. The molecule has 1 aliphatic rings. The molecule has 8 nitrogen and oxygen atoms in total. The molecule has 33 heavy (non-hydrogen) atoms. The van der Waals surface area contributed by atoms with Gasteiger partial charge in [-0.1, -0.05) is 17.3 Å². The van der Waals surface area contributed by atoms with Crippen molar-refractivity contribution in [1.82, 2.24) is 25.0 Å². The van der Waals surface area contributed by atoms with Crippen molar-refractivity contribution in [2.75, 3.05) is 45.2 Å². The van der Waals surface area contributed by atoms with Crippen LogP contribution in [0.3, 0.4) is 0 Å². The maximum atomic E-state index is 13.1. The van der Waals surface area contributed by atoms with E-state index in [9.17, 15) is 4.79 Å². The molecule has 1 saturated heterocycles. The number of aryl methyl sites for hydroxylation is 1. The van der Waals surface area contributed by atoms with Crippen LogP contribution in [0.4, 0.5) is 5.82 Å². The summed E-state index contributed by atoms with van der Waals surface area (Å²) in [6, 6.07) is 11.8. The molecule has 1 aromatic carbocycles. The van der Waals surface area contributed by atoms with E-state index < -0.39 is 0 Å². The first-order valence-electron chi connectivity index (χ1n) is 11.2. The van der Waals surface area contributed by atoms with E-state index in [0.717, 1.165) is 64.2 Å². The number of carbonyl (C=O) groups excluding carboxylic acids is 1. The van der Waals surface area contributed by atoms with Crippen LogP contribution in [0.1, 0.15) is 16.1 Å². The molecule has 8 heteroatoms. The van der Waals surface area contributed by atoms with Crippen molar-refractivity contribution in [3.05, 3.63) is 66.2 Å². The van der Waals surface area contributed by atoms with E-state index in [-0.39, 0.29) is 12.2 Å². The van der Waals surface area contributed by atoms with Crippen LogP contribution in [0.5, 0.6) is 0 Å². The lowest BCUT2D eigenvalue weighted by molar-refractivity contribution is -0.890. The van der Waals surface area contributed by atoms with E-state index in [4.69, 9.17) is 0 Å². The third-order valence-corrected chi connectivity index (χ3v) is 6.36. The van der Waals surface area contributed by atoms with Gasteiger partial charge in [-0.2, -0.15) is 0 Å². The Bertz CT molecular complexity index is 1320. The fraction of sp³-hybridized carbons (Fsp3) is 0.320. The zero-order valence-electron chi connectivity index (χ0n) is 19.3. The van der Waals surface area contributed by atoms with Crippen molar-refractivity contribution < 1.29 is 9.28 Å². The number of hydrogen-bond acceptors (Lipinski definition) is 6. The van der Waals surface area contributed by atoms with Gasteiger partial charge in [-0.15, -0.1) is 5.10 Å². The monoisotopic (exact) mass is 442 g/mol. The van der Waals surface area contributed by atoms with E-state index in [2.05, 4.69) is 45.3 Å². The van der Waals surface area contributed by atoms with Crippen molar-refractivity contribution in [2.45, 2.75) is 6.42 Å². The SMILES string of the molecule is Cn1cc(-c2ccc3cnc(CC(=O)c4ccnc(N5CC[N+](C)(C)CC5)c4)cc3c2)nn1. The highest BCUT2D eigenvalue weighted by atomic mass is 16.1. The van der Waals surface area contributed by atoms with Crippen LogP contribution >= 0.6 is 0 Å². The minimum Gasteiger partial charge on any atom is -0.345 e. The third kappa shape index (κ3) is 4.61. The van der Waals surface area contributed by atoms with Crippen LogP contribution < -0.4 is 4.90 Å². The summed E-state index contributed by atoms with van der Waals surface area (Å²) in [5.74, 6) is 0.921.